The van der Waals surface area contributed by atoms with Gasteiger partial charge in [-0.05, 0) is 193 Å². The average molecular weight is 1350 g/mol. The van der Waals surface area contributed by atoms with E-state index >= 15 is 0 Å². The third-order valence-corrected chi connectivity index (χ3v) is 49.3. The van der Waals surface area contributed by atoms with Gasteiger partial charge in [0.25, 0.3) is 0 Å². The highest BCUT2D eigenvalue weighted by Crippen LogP contribution is 2.74. The van der Waals surface area contributed by atoms with E-state index in [9.17, 15) is 35.0 Å². The molecule has 76 heavy (non-hydrogen) atoms. The first-order chi connectivity index (χ1) is 34.6. The molecule has 0 aromatic heterocycles. The van der Waals surface area contributed by atoms with Crippen LogP contribution in [-0.2, 0) is 50.0 Å². The average Bonchev–Trinajstić information content (AvgIpc) is 3.28. The van der Waals surface area contributed by atoms with Gasteiger partial charge < -0.3 is 0 Å². The summed E-state index contributed by atoms with van der Waals surface area (Å²) < 4.78 is 148. The van der Waals surface area contributed by atoms with Gasteiger partial charge in [-0.1, -0.05) is 111 Å². The van der Waals surface area contributed by atoms with Crippen LogP contribution in [0, 0.1) is 0 Å². The van der Waals surface area contributed by atoms with E-state index in [0.29, 0.717) is 46.0 Å². The van der Waals surface area contributed by atoms with Gasteiger partial charge in [-0.3, -0.25) is 0 Å². The molecule has 28 heteroatoms. The van der Waals surface area contributed by atoms with Gasteiger partial charge in [0.15, 0.2) is 0 Å². The molecule has 0 rings (SSSR count). The fraction of sp³-hybridized carbons (Fsp3) is 1.00. The van der Waals surface area contributed by atoms with E-state index < -0.39 is 114 Å². The summed E-state index contributed by atoms with van der Waals surface area (Å²) >= 11 is 0. The van der Waals surface area contributed by atoms with Gasteiger partial charge in [-0.2, -0.15) is 0 Å². The summed E-state index contributed by atoms with van der Waals surface area (Å²) in [5.41, 5.74) is 0. The lowest BCUT2D eigenvalue weighted by Gasteiger charge is -2.39. The number of rotatable bonds is 40. The van der Waals surface area contributed by atoms with Crippen LogP contribution in [0.3, 0.4) is 0 Å². The Labute approximate surface area is 481 Å². The molecule has 480 valence electrons. The number of halogens is 4. The maximum absolute atomic E-state index is 14.3. The second kappa shape index (κ2) is 40.5. The number of hydrogen-bond donors (Lipinski definition) is 0. The zero-order chi connectivity index (χ0) is 60.6. The normalized spacial score (nSPS) is 24.8. The third-order valence-electron chi connectivity index (χ3n) is 12.1. The van der Waals surface area contributed by atoms with Gasteiger partial charge in [0.2, 0.25) is 0 Å². The molecule has 0 aromatic rings. The second-order valence-electron chi connectivity index (χ2n) is 19.7. The fourth-order valence-corrected chi connectivity index (χ4v) is 37.1. The molecule has 0 saturated heterocycles. The molecule has 0 bridgehead atoms. The lowest BCUT2D eigenvalue weighted by molar-refractivity contribution is 0.364. The monoisotopic (exact) mass is 1340 g/mol. The Morgan fingerprint density at radius 2 is 0.303 bits per heavy atom. The van der Waals surface area contributed by atoms with Gasteiger partial charge in [0.1, 0.15) is 0 Å². The summed E-state index contributed by atoms with van der Waals surface area (Å²) in [6.45, 7) is 31.7. The lowest BCUT2D eigenvalue weighted by atomic mass is 10.6. The number of hydrogen-bond acceptors (Lipinski definition) is 12. The highest BCUT2D eigenvalue weighted by Gasteiger charge is 2.41. The summed E-state index contributed by atoms with van der Waals surface area (Å²) in [6.07, 6.45) is 22.2. The van der Waals surface area contributed by atoms with Crippen LogP contribution in [0.4, 0.5) is 16.8 Å². The first kappa shape index (κ1) is 85.6. The predicted octanol–water partition coefficient (Wildman–Crippen LogP) is 22.6. The molecule has 0 aliphatic rings. The third kappa shape index (κ3) is 38.9. The van der Waals surface area contributed by atoms with Crippen molar-refractivity contribution < 1.29 is 66.8 Å². The second-order valence-corrected chi connectivity index (χ2v) is 54.8. The van der Waals surface area contributed by atoms with Crippen molar-refractivity contribution in [2.24, 2.45) is 0 Å². The summed E-state index contributed by atoms with van der Waals surface area (Å²) in [7, 11) is -30.9. The van der Waals surface area contributed by atoms with Crippen molar-refractivity contribution in [3.05, 3.63) is 0 Å². The van der Waals surface area contributed by atoms with Crippen molar-refractivity contribution in [1.29, 1.82) is 0 Å². The molecule has 0 saturated carbocycles. The summed E-state index contributed by atoms with van der Waals surface area (Å²) in [6, 6.07) is 0. The van der Waals surface area contributed by atoms with Crippen LogP contribution in [-0.4, -0.2) is 142 Å². The van der Waals surface area contributed by atoms with Crippen LogP contribution in [0.1, 0.15) is 162 Å². The van der Waals surface area contributed by atoms with E-state index in [2.05, 4.69) is 0 Å². The zero-order valence-corrected chi connectivity index (χ0v) is 62.5. The first-order valence-electron chi connectivity index (χ1n) is 27.4. The molecule has 0 N–H and O–H groups in total. The van der Waals surface area contributed by atoms with Crippen LogP contribution in [0.25, 0.3) is 0 Å². The highest BCUT2D eigenvalue weighted by atomic mass is 32.3. The van der Waals surface area contributed by atoms with Gasteiger partial charge >= 0.3 is 31.6 Å². The molecular formula is C48H120F4O12P4S8. The van der Waals surface area contributed by atoms with Crippen molar-refractivity contribution in [3.63, 3.8) is 0 Å². The largest absolute Gasteiger partial charge is 0.532 e. The first-order valence-corrected chi connectivity index (χ1v) is 51.6. The van der Waals surface area contributed by atoms with E-state index in [1.807, 2.05) is 161 Å². The Kier molecular flexibility index (Phi) is 45.6. The molecule has 0 amide bonds. The molecular weight excluding hydrogens is 1220 g/mol. The van der Waals surface area contributed by atoms with Crippen molar-refractivity contribution in [2.45, 2.75) is 162 Å². The molecule has 0 aliphatic carbocycles. The van der Waals surface area contributed by atoms with Crippen LogP contribution in [0.5, 0.6) is 0 Å². The van der Waals surface area contributed by atoms with E-state index in [1.165, 1.54) is 0 Å². The quantitative estimate of drug-likeness (QED) is 0.0426. The molecule has 0 fully saturated rings. The maximum atomic E-state index is 14.3. The summed E-state index contributed by atoms with van der Waals surface area (Å²) in [5, 5.41) is 0. The van der Waals surface area contributed by atoms with Gasteiger partial charge in [-0.15, -0.1) is 99.3 Å². The Morgan fingerprint density at radius 3 is 0.355 bits per heavy atom. The minimum Gasteiger partial charge on any atom is -0.234 e. The topological polar surface area (TPSA) is 142 Å². The van der Waals surface area contributed by atoms with Crippen LogP contribution in [0.2, 0.25) is 0 Å². The van der Waals surface area contributed by atoms with Crippen molar-refractivity contribution in [2.75, 3.05) is 142 Å². The molecule has 0 radical (unpaired) electrons. The Hall–Kier alpha value is 3.12. The maximum Gasteiger partial charge on any atom is 0.532 e. The van der Waals surface area contributed by atoms with Gasteiger partial charge in [0.05, 0.1) is 0 Å². The summed E-state index contributed by atoms with van der Waals surface area (Å²) in [4.78, 5) is 0. The van der Waals surface area contributed by atoms with Gasteiger partial charge in [0, 0.05) is 0 Å². The van der Waals surface area contributed by atoms with Crippen molar-refractivity contribution in [3.8, 4) is 0 Å². The van der Waals surface area contributed by atoms with E-state index in [-0.39, 0.29) is 0 Å². The van der Waals surface area contributed by atoms with E-state index in [1.54, 1.807) is 0 Å². The zero-order valence-electron chi connectivity index (χ0n) is 52.4. The van der Waals surface area contributed by atoms with E-state index in [0.717, 1.165) is 97.4 Å². The Morgan fingerprint density at radius 1 is 0.224 bits per heavy atom. The highest BCUT2D eigenvalue weighted by molar-refractivity contribution is 8.35. The molecule has 0 heterocycles. The molecule has 0 aliphatic heterocycles. The van der Waals surface area contributed by atoms with Gasteiger partial charge in [-0.25, -0.2) is 50.0 Å². The van der Waals surface area contributed by atoms with Crippen molar-refractivity contribution in [1.82, 2.24) is 0 Å². The van der Waals surface area contributed by atoms with Crippen LogP contribution >= 0.6 is 114 Å². The standard InChI is InChI=1S/4C12H30FO3PS2/c4*1-7-11-18(5,9-3)15-17(13,14)16-19(6,10-4)12-8-2/h4*7-12H2,1-6H3. The molecule has 0 spiro atoms. The van der Waals surface area contributed by atoms with Crippen LogP contribution in [0.15, 0.2) is 0 Å². The molecule has 8 unspecified atom stereocenters. The lowest BCUT2D eigenvalue weighted by Crippen LogP contribution is -2.12. The SMILES string of the molecule is CCCS(C)(CC)OP(=O)(F)OS(C)(CC)CCC.CCCS(C)(CC)OP(=O)(F)OS(C)(CC)CCC.CCCS(C)(CC)OP(=O)(F)OS(C)(CC)CCC.CCCS(C)(CC)OP(=O)(F)OS(C)(CC)CCC. The molecule has 8 atom stereocenters. The van der Waals surface area contributed by atoms with Crippen molar-refractivity contribution >= 4 is 114 Å². The fourth-order valence-electron chi connectivity index (χ4n) is 7.10. The minimum absolute atomic E-state index is 0.698. The van der Waals surface area contributed by atoms with E-state index in [4.69, 9.17) is 31.8 Å². The Balaban J connectivity index is -0.000000455. The Bertz CT molecular complexity index is 1410. The molecule has 0 aromatic carbocycles. The molecule has 12 nitrogen and oxygen atoms in total. The van der Waals surface area contributed by atoms with Crippen LogP contribution < -0.4 is 0 Å². The minimum atomic E-state index is -4.45. The predicted molar refractivity (Wildman–Crippen MR) is 357 cm³/mol. The smallest absolute Gasteiger partial charge is 0.234 e. The summed E-state index contributed by atoms with van der Waals surface area (Å²) in [5.74, 6) is 11.6.